The van der Waals surface area contributed by atoms with Gasteiger partial charge in [-0.25, -0.2) is 4.79 Å². The molecule has 1 atom stereocenters. The summed E-state index contributed by atoms with van der Waals surface area (Å²) in [5.41, 5.74) is 6.65. The highest BCUT2D eigenvalue weighted by molar-refractivity contribution is 5.79. The lowest BCUT2D eigenvalue weighted by atomic mass is 9.98. The molecular formula is C26H25NO4. The summed E-state index contributed by atoms with van der Waals surface area (Å²) < 4.78 is 5.55. The molecule has 0 aromatic heterocycles. The van der Waals surface area contributed by atoms with Crippen LogP contribution in [-0.2, 0) is 22.5 Å². The van der Waals surface area contributed by atoms with E-state index < -0.39 is 18.0 Å². The Bertz CT molecular complexity index is 1050. The number of hydrogen-bond donors (Lipinski definition) is 2. The number of amides is 1. The number of nitrogens with one attached hydrogen (secondary N) is 1. The molecule has 3 aromatic carbocycles. The molecule has 0 aliphatic heterocycles. The molecule has 5 heteroatoms. The average molecular weight is 415 g/mol. The number of carbonyl (C=O) groups is 2. The van der Waals surface area contributed by atoms with Gasteiger partial charge in [0.2, 0.25) is 0 Å². The fraction of sp³-hybridized carbons (Fsp3) is 0.231. The second kappa shape index (κ2) is 9.04. The zero-order valence-corrected chi connectivity index (χ0v) is 17.4. The first kappa shape index (κ1) is 20.7. The third kappa shape index (κ3) is 4.61. The molecule has 2 N–H and O–H groups in total. The van der Waals surface area contributed by atoms with Crippen molar-refractivity contribution in [3.8, 4) is 11.1 Å². The molecule has 0 heterocycles. The zero-order valence-electron chi connectivity index (χ0n) is 17.4. The summed E-state index contributed by atoms with van der Waals surface area (Å²) in [7, 11) is 0. The van der Waals surface area contributed by atoms with E-state index in [0.717, 1.165) is 11.1 Å². The first-order valence-corrected chi connectivity index (χ1v) is 10.4. The van der Waals surface area contributed by atoms with Crippen molar-refractivity contribution in [2.24, 2.45) is 5.92 Å². The number of fused-ring (bicyclic) bond motifs is 3. The van der Waals surface area contributed by atoms with Crippen LogP contribution < -0.4 is 5.32 Å². The molecule has 0 unspecified atom stereocenters. The van der Waals surface area contributed by atoms with Gasteiger partial charge in [-0.05, 0) is 39.8 Å². The quantitative estimate of drug-likeness (QED) is 0.570. The largest absolute Gasteiger partial charge is 0.481 e. The zero-order chi connectivity index (χ0) is 21.8. The van der Waals surface area contributed by atoms with Crippen LogP contribution in [0.1, 0.15) is 35.1 Å². The van der Waals surface area contributed by atoms with Crippen LogP contribution in [0.5, 0.6) is 0 Å². The highest BCUT2D eigenvalue weighted by Gasteiger charge is 2.28. The number of carboxylic acid groups (broad SMARTS) is 1. The number of ether oxygens (including phenoxy) is 1. The van der Waals surface area contributed by atoms with Crippen molar-refractivity contribution in [1.82, 2.24) is 5.32 Å². The van der Waals surface area contributed by atoms with Gasteiger partial charge >= 0.3 is 12.1 Å². The molecule has 5 nitrogen and oxygen atoms in total. The Hall–Kier alpha value is -3.60. The van der Waals surface area contributed by atoms with Gasteiger partial charge in [0.25, 0.3) is 0 Å². The van der Waals surface area contributed by atoms with Gasteiger partial charge in [0.05, 0.1) is 5.92 Å². The van der Waals surface area contributed by atoms with Crippen molar-refractivity contribution in [1.29, 1.82) is 0 Å². The second-order valence-corrected chi connectivity index (χ2v) is 7.94. The molecule has 0 saturated heterocycles. The van der Waals surface area contributed by atoms with Gasteiger partial charge < -0.3 is 15.2 Å². The molecule has 0 saturated carbocycles. The normalized spacial score (nSPS) is 13.2. The maximum atomic E-state index is 12.3. The van der Waals surface area contributed by atoms with Gasteiger partial charge in [-0.15, -0.1) is 0 Å². The monoisotopic (exact) mass is 415 g/mol. The first-order chi connectivity index (χ1) is 15.0. The summed E-state index contributed by atoms with van der Waals surface area (Å²) in [5, 5.41) is 11.8. The van der Waals surface area contributed by atoms with Crippen molar-refractivity contribution in [3.63, 3.8) is 0 Å². The van der Waals surface area contributed by atoms with Crippen LogP contribution in [0, 0.1) is 5.92 Å². The van der Waals surface area contributed by atoms with E-state index in [2.05, 4.69) is 29.6 Å². The molecule has 3 aromatic rings. The van der Waals surface area contributed by atoms with E-state index in [9.17, 15) is 9.59 Å². The summed E-state index contributed by atoms with van der Waals surface area (Å²) in [5.74, 6) is -1.19. The van der Waals surface area contributed by atoms with Gasteiger partial charge in [-0.3, -0.25) is 4.79 Å². The molecule has 0 spiro atoms. The van der Waals surface area contributed by atoms with Crippen LogP contribution in [0.25, 0.3) is 11.1 Å². The molecule has 1 aliphatic rings. The Morgan fingerprint density at radius 2 is 1.45 bits per heavy atom. The van der Waals surface area contributed by atoms with E-state index in [1.54, 1.807) is 6.92 Å². The average Bonchev–Trinajstić information content (AvgIpc) is 3.11. The SMILES string of the molecule is C[C@@H](Cc1ccc(CNC(=O)OCC2c3ccccc3-c3ccccc32)cc1)C(=O)O. The third-order valence-corrected chi connectivity index (χ3v) is 5.77. The molecule has 31 heavy (non-hydrogen) atoms. The van der Waals surface area contributed by atoms with Crippen LogP contribution in [0.4, 0.5) is 4.79 Å². The van der Waals surface area contributed by atoms with Crippen LogP contribution in [0.15, 0.2) is 72.8 Å². The summed E-state index contributed by atoms with van der Waals surface area (Å²) in [6.45, 7) is 2.33. The minimum atomic E-state index is -0.805. The standard InChI is InChI=1S/C26H25NO4/c1-17(25(28)29)14-18-10-12-19(13-11-18)15-27-26(30)31-16-24-22-8-4-2-6-20(22)21-7-3-5-9-23(21)24/h2-13,17,24H,14-16H2,1H3,(H,27,30)(H,28,29)/t17-/m0/s1. The molecule has 1 aliphatic carbocycles. The van der Waals surface area contributed by atoms with Crippen LogP contribution in [0.2, 0.25) is 0 Å². The number of benzene rings is 3. The fourth-order valence-corrected chi connectivity index (χ4v) is 4.06. The van der Waals surface area contributed by atoms with Crippen molar-refractivity contribution in [2.45, 2.75) is 25.8 Å². The van der Waals surface area contributed by atoms with E-state index in [1.807, 2.05) is 48.5 Å². The maximum Gasteiger partial charge on any atom is 0.407 e. The minimum absolute atomic E-state index is 0.0358. The Balaban J connectivity index is 1.32. The predicted octanol–water partition coefficient (Wildman–Crippen LogP) is 4.99. The highest BCUT2D eigenvalue weighted by atomic mass is 16.5. The first-order valence-electron chi connectivity index (χ1n) is 10.4. The Kier molecular flexibility index (Phi) is 6.03. The molecule has 158 valence electrons. The van der Waals surface area contributed by atoms with Gasteiger partial charge in [0, 0.05) is 12.5 Å². The second-order valence-electron chi connectivity index (χ2n) is 7.94. The van der Waals surface area contributed by atoms with Crippen LogP contribution in [-0.4, -0.2) is 23.8 Å². The summed E-state index contributed by atoms with van der Waals surface area (Å²) in [4.78, 5) is 23.3. The molecule has 4 rings (SSSR count). The fourth-order valence-electron chi connectivity index (χ4n) is 4.06. The van der Waals surface area contributed by atoms with Crippen molar-refractivity contribution in [3.05, 3.63) is 95.1 Å². The van der Waals surface area contributed by atoms with E-state index in [-0.39, 0.29) is 12.5 Å². The Morgan fingerprint density at radius 1 is 0.903 bits per heavy atom. The summed E-state index contributed by atoms with van der Waals surface area (Å²) in [6.07, 6.45) is 0.0283. The molecule has 0 fully saturated rings. The van der Waals surface area contributed by atoms with E-state index in [4.69, 9.17) is 9.84 Å². The van der Waals surface area contributed by atoms with E-state index >= 15 is 0 Å². The molecule has 0 radical (unpaired) electrons. The lowest BCUT2D eigenvalue weighted by Gasteiger charge is -2.14. The number of alkyl carbamates (subject to hydrolysis) is 1. The Labute approximate surface area is 181 Å². The number of carbonyl (C=O) groups excluding carboxylic acids is 1. The van der Waals surface area contributed by atoms with Gasteiger partial charge in [-0.2, -0.15) is 0 Å². The Morgan fingerprint density at radius 3 is 2.03 bits per heavy atom. The third-order valence-electron chi connectivity index (χ3n) is 5.77. The topological polar surface area (TPSA) is 75.6 Å². The number of rotatable bonds is 7. The van der Waals surface area contributed by atoms with E-state index in [1.165, 1.54) is 22.3 Å². The van der Waals surface area contributed by atoms with Gasteiger partial charge in [0.1, 0.15) is 6.61 Å². The number of carboxylic acids is 1. The van der Waals surface area contributed by atoms with Crippen molar-refractivity contribution in [2.75, 3.05) is 6.61 Å². The van der Waals surface area contributed by atoms with Gasteiger partial charge in [-0.1, -0.05) is 79.7 Å². The smallest absolute Gasteiger partial charge is 0.407 e. The predicted molar refractivity (Wildman–Crippen MR) is 119 cm³/mol. The van der Waals surface area contributed by atoms with Crippen molar-refractivity contribution >= 4 is 12.1 Å². The number of aliphatic carboxylic acids is 1. The lowest BCUT2D eigenvalue weighted by Crippen LogP contribution is -2.25. The number of hydrogen-bond acceptors (Lipinski definition) is 3. The lowest BCUT2D eigenvalue weighted by molar-refractivity contribution is -0.141. The van der Waals surface area contributed by atoms with Crippen LogP contribution in [0.3, 0.4) is 0 Å². The molecular weight excluding hydrogens is 390 g/mol. The highest BCUT2D eigenvalue weighted by Crippen LogP contribution is 2.44. The van der Waals surface area contributed by atoms with Gasteiger partial charge in [0.15, 0.2) is 0 Å². The minimum Gasteiger partial charge on any atom is -0.481 e. The van der Waals surface area contributed by atoms with Crippen molar-refractivity contribution < 1.29 is 19.4 Å². The molecule has 1 amide bonds. The molecule has 0 bridgehead atoms. The maximum absolute atomic E-state index is 12.3. The summed E-state index contributed by atoms with van der Waals surface area (Å²) in [6, 6.07) is 24.1. The van der Waals surface area contributed by atoms with Crippen LogP contribution >= 0.6 is 0 Å². The van der Waals surface area contributed by atoms with E-state index in [0.29, 0.717) is 13.0 Å². The summed E-state index contributed by atoms with van der Waals surface area (Å²) >= 11 is 0.